The number of amides is 1. The number of aromatic hydroxyl groups is 1. The lowest BCUT2D eigenvalue weighted by atomic mass is 10.0. The Kier molecular flexibility index (Phi) is 5.41. The van der Waals surface area contributed by atoms with E-state index in [1.54, 1.807) is 0 Å². The number of nitrogens with zero attached hydrogens (tertiary/aromatic N) is 2. The van der Waals surface area contributed by atoms with E-state index in [4.69, 9.17) is 0 Å². The summed E-state index contributed by atoms with van der Waals surface area (Å²) in [6.07, 6.45) is -3.50. The highest BCUT2D eigenvalue weighted by Crippen LogP contribution is 2.34. The Balaban J connectivity index is 1.97. The van der Waals surface area contributed by atoms with Crippen molar-refractivity contribution < 1.29 is 28.0 Å². The predicted molar refractivity (Wildman–Crippen MR) is 102 cm³/mol. The molecular weight excluding hydrogens is 403 g/mol. The Morgan fingerprint density at radius 1 is 1.13 bits per heavy atom. The molecule has 0 bridgehead atoms. The van der Waals surface area contributed by atoms with Gasteiger partial charge in [-0.1, -0.05) is 6.07 Å². The van der Waals surface area contributed by atoms with Gasteiger partial charge in [-0.05, 0) is 42.8 Å². The number of nitro groups is 1. The number of hydrogen-bond acceptors (Lipinski definition) is 5. The molecule has 0 saturated carbocycles. The highest BCUT2D eigenvalue weighted by molar-refractivity contribution is 6.08. The van der Waals surface area contributed by atoms with Crippen molar-refractivity contribution in [2.75, 3.05) is 5.32 Å². The molecule has 1 amide bonds. The summed E-state index contributed by atoms with van der Waals surface area (Å²) in [5.74, 6) is -1.13. The lowest BCUT2D eigenvalue weighted by Crippen LogP contribution is -2.15. The summed E-state index contributed by atoms with van der Waals surface area (Å²) in [7, 11) is 0. The molecule has 3 rings (SSSR count). The predicted octanol–water partition coefficient (Wildman–Crippen LogP) is 4.94. The number of halogens is 3. The van der Waals surface area contributed by atoms with Gasteiger partial charge in [-0.15, -0.1) is 0 Å². The van der Waals surface area contributed by atoms with E-state index in [9.17, 15) is 33.2 Å². The number of hydrogen-bond donors (Lipinski definition) is 2. The minimum absolute atomic E-state index is 0.00564. The van der Waals surface area contributed by atoms with Crippen LogP contribution in [-0.2, 0) is 6.18 Å². The molecule has 30 heavy (non-hydrogen) atoms. The quantitative estimate of drug-likeness (QED) is 0.462. The lowest BCUT2D eigenvalue weighted by molar-refractivity contribution is -0.384. The van der Waals surface area contributed by atoms with Crippen molar-refractivity contribution in [1.82, 2.24) is 4.98 Å². The van der Waals surface area contributed by atoms with Crippen LogP contribution in [0.3, 0.4) is 0 Å². The standard InChI is InChI=1S/C20H14F3N3O4/c1-11-2-5-13(8-17(11)20(21,22)23)25-19(28)16-9-15(27)10-24-18(16)12-3-6-14(7-4-12)26(29)30/h2-10,27H,1H3,(H,25,28). The monoisotopic (exact) mass is 417 g/mol. The number of carbonyl (C=O) groups excluding carboxylic acids is 1. The first-order valence-corrected chi connectivity index (χ1v) is 8.49. The molecule has 2 N–H and O–H groups in total. The Morgan fingerprint density at radius 3 is 2.40 bits per heavy atom. The van der Waals surface area contributed by atoms with E-state index in [0.29, 0.717) is 5.56 Å². The number of aromatic nitrogens is 1. The van der Waals surface area contributed by atoms with Crippen LogP contribution in [0, 0.1) is 17.0 Å². The van der Waals surface area contributed by atoms with Crippen molar-refractivity contribution in [2.45, 2.75) is 13.1 Å². The Morgan fingerprint density at radius 2 is 1.80 bits per heavy atom. The zero-order valence-electron chi connectivity index (χ0n) is 15.4. The molecule has 7 nitrogen and oxygen atoms in total. The molecule has 0 spiro atoms. The van der Waals surface area contributed by atoms with Gasteiger partial charge in [-0.3, -0.25) is 19.9 Å². The van der Waals surface area contributed by atoms with Crippen LogP contribution in [0.25, 0.3) is 11.3 Å². The second-order valence-electron chi connectivity index (χ2n) is 6.38. The number of pyridine rings is 1. The third-order valence-corrected chi connectivity index (χ3v) is 4.27. The molecule has 0 fully saturated rings. The first kappa shape index (κ1) is 20.8. The van der Waals surface area contributed by atoms with E-state index >= 15 is 0 Å². The summed E-state index contributed by atoms with van der Waals surface area (Å²) in [5.41, 5.74) is -0.790. The van der Waals surface area contributed by atoms with E-state index in [1.807, 2.05) is 0 Å². The maximum Gasteiger partial charge on any atom is 0.416 e. The first-order chi connectivity index (χ1) is 14.1. The minimum atomic E-state index is -4.58. The van der Waals surface area contributed by atoms with Crippen LogP contribution in [0.5, 0.6) is 5.75 Å². The molecule has 10 heteroatoms. The van der Waals surface area contributed by atoms with Gasteiger partial charge in [0.2, 0.25) is 0 Å². The second kappa shape index (κ2) is 7.82. The number of carbonyl (C=O) groups is 1. The lowest BCUT2D eigenvalue weighted by Gasteiger charge is -2.14. The summed E-state index contributed by atoms with van der Waals surface area (Å²) in [4.78, 5) is 26.9. The van der Waals surface area contributed by atoms with Crippen molar-refractivity contribution in [3.63, 3.8) is 0 Å². The summed E-state index contributed by atoms with van der Waals surface area (Å²) in [5, 5.41) is 22.9. The number of alkyl halides is 3. The molecule has 3 aromatic rings. The Labute approximate surface area is 168 Å². The van der Waals surface area contributed by atoms with Gasteiger partial charge in [0, 0.05) is 23.4 Å². The van der Waals surface area contributed by atoms with Gasteiger partial charge in [0.05, 0.1) is 27.9 Å². The third kappa shape index (κ3) is 4.37. The SMILES string of the molecule is Cc1ccc(NC(=O)c2cc(O)cnc2-c2ccc([N+](=O)[O-])cc2)cc1C(F)(F)F. The highest BCUT2D eigenvalue weighted by Gasteiger charge is 2.32. The zero-order chi connectivity index (χ0) is 22.1. The maximum absolute atomic E-state index is 13.1. The number of nitrogens with one attached hydrogen (secondary N) is 1. The zero-order valence-corrected chi connectivity index (χ0v) is 15.4. The topological polar surface area (TPSA) is 105 Å². The van der Waals surface area contributed by atoms with Crippen molar-refractivity contribution >= 4 is 17.3 Å². The van der Waals surface area contributed by atoms with Crippen molar-refractivity contribution in [1.29, 1.82) is 0 Å². The molecular formula is C20H14F3N3O4. The largest absolute Gasteiger partial charge is 0.506 e. The van der Waals surface area contributed by atoms with Gasteiger partial charge < -0.3 is 10.4 Å². The summed E-state index contributed by atoms with van der Waals surface area (Å²) < 4.78 is 39.3. The van der Waals surface area contributed by atoms with E-state index in [2.05, 4.69) is 10.3 Å². The number of anilines is 1. The minimum Gasteiger partial charge on any atom is -0.506 e. The van der Waals surface area contributed by atoms with E-state index in [1.165, 1.54) is 43.3 Å². The van der Waals surface area contributed by atoms with Crippen molar-refractivity contribution in [2.24, 2.45) is 0 Å². The van der Waals surface area contributed by atoms with Gasteiger partial charge >= 0.3 is 6.18 Å². The Hall–Kier alpha value is -3.95. The molecule has 0 unspecified atom stereocenters. The first-order valence-electron chi connectivity index (χ1n) is 8.49. The van der Waals surface area contributed by atoms with Crippen LogP contribution in [0.1, 0.15) is 21.5 Å². The van der Waals surface area contributed by atoms with Crippen molar-refractivity contribution in [3.05, 3.63) is 81.5 Å². The summed E-state index contributed by atoms with van der Waals surface area (Å²) in [6, 6.07) is 9.68. The molecule has 1 heterocycles. The number of rotatable bonds is 4. The van der Waals surface area contributed by atoms with Crippen LogP contribution < -0.4 is 5.32 Å². The van der Waals surface area contributed by atoms with E-state index < -0.39 is 22.6 Å². The summed E-state index contributed by atoms with van der Waals surface area (Å²) >= 11 is 0. The molecule has 0 saturated heterocycles. The molecule has 0 aliphatic rings. The van der Waals surface area contributed by atoms with E-state index in [-0.39, 0.29) is 33.9 Å². The van der Waals surface area contributed by atoms with E-state index in [0.717, 1.165) is 18.3 Å². The van der Waals surface area contributed by atoms with Crippen molar-refractivity contribution in [3.8, 4) is 17.0 Å². The van der Waals surface area contributed by atoms with Gasteiger partial charge in [-0.25, -0.2) is 0 Å². The molecule has 0 aliphatic carbocycles. The highest BCUT2D eigenvalue weighted by atomic mass is 19.4. The van der Waals surface area contributed by atoms with Crippen LogP contribution >= 0.6 is 0 Å². The smallest absolute Gasteiger partial charge is 0.416 e. The fourth-order valence-electron chi connectivity index (χ4n) is 2.80. The van der Waals surface area contributed by atoms with Crippen LogP contribution in [0.15, 0.2) is 54.7 Å². The molecule has 0 atom stereocenters. The fourth-order valence-corrected chi connectivity index (χ4v) is 2.80. The normalized spacial score (nSPS) is 11.2. The average molecular weight is 417 g/mol. The van der Waals surface area contributed by atoms with Crippen LogP contribution in [-0.4, -0.2) is 20.9 Å². The van der Waals surface area contributed by atoms with Gasteiger partial charge in [-0.2, -0.15) is 13.2 Å². The van der Waals surface area contributed by atoms with Gasteiger partial charge in [0.1, 0.15) is 5.75 Å². The average Bonchev–Trinajstić information content (AvgIpc) is 2.68. The second-order valence-corrected chi connectivity index (χ2v) is 6.38. The molecule has 2 aromatic carbocycles. The summed E-state index contributed by atoms with van der Waals surface area (Å²) in [6.45, 7) is 1.31. The van der Waals surface area contributed by atoms with Gasteiger partial charge in [0.25, 0.3) is 11.6 Å². The molecule has 154 valence electrons. The molecule has 1 aromatic heterocycles. The molecule has 0 radical (unpaired) electrons. The number of non-ortho nitro benzene ring substituents is 1. The molecule has 0 aliphatic heterocycles. The number of aryl methyl sites for hydroxylation is 1. The number of benzene rings is 2. The third-order valence-electron chi connectivity index (χ3n) is 4.27. The van der Waals surface area contributed by atoms with Crippen LogP contribution in [0.4, 0.5) is 24.5 Å². The fraction of sp³-hybridized carbons (Fsp3) is 0.100. The van der Waals surface area contributed by atoms with Crippen LogP contribution in [0.2, 0.25) is 0 Å². The maximum atomic E-state index is 13.1. The Bertz CT molecular complexity index is 1130. The van der Waals surface area contributed by atoms with Gasteiger partial charge in [0.15, 0.2) is 0 Å². The number of nitro benzene ring substituents is 1.